The predicted octanol–water partition coefficient (Wildman–Crippen LogP) is 2.20. The van der Waals surface area contributed by atoms with E-state index >= 15 is 0 Å². The molecule has 120 valence electrons. The van der Waals surface area contributed by atoms with Crippen LogP contribution < -0.4 is 5.32 Å². The summed E-state index contributed by atoms with van der Waals surface area (Å²) >= 11 is 0. The first-order valence-corrected chi connectivity index (χ1v) is 7.17. The van der Waals surface area contributed by atoms with Crippen molar-refractivity contribution in [2.24, 2.45) is 0 Å². The van der Waals surface area contributed by atoms with Gasteiger partial charge in [-0.05, 0) is 37.1 Å². The van der Waals surface area contributed by atoms with Gasteiger partial charge < -0.3 is 19.3 Å². The minimum absolute atomic E-state index is 0.282. The average Bonchev–Trinajstić information content (AvgIpc) is 3.14. The van der Waals surface area contributed by atoms with Gasteiger partial charge in [0, 0.05) is 6.07 Å². The molecule has 1 aliphatic rings. The summed E-state index contributed by atoms with van der Waals surface area (Å²) in [6, 6.07) is 6.81. The van der Waals surface area contributed by atoms with Gasteiger partial charge in [-0.3, -0.25) is 4.79 Å². The van der Waals surface area contributed by atoms with Crippen LogP contribution in [-0.4, -0.2) is 23.1 Å². The zero-order valence-electron chi connectivity index (χ0n) is 12.8. The SMILES string of the molecule is Cc1cc(NC(=O)[C@@H](C)OC(=O)c2ccc3c(c2)COC3)no1. The number of hydrogen-bond acceptors (Lipinski definition) is 6. The normalized spacial score (nSPS) is 14.2. The Kier molecular flexibility index (Phi) is 4.12. The van der Waals surface area contributed by atoms with Crippen LogP contribution in [0.4, 0.5) is 5.82 Å². The number of anilines is 1. The highest BCUT2D eigenvalue weighted by Crippen LogP contribution is 2.21. The van der Waals surface area contributed by atoms with Gasteiger partial charge in [0.15, 0.2) is 11.9 Å². The monoisotopic (exact) mass is 316 g/mol. The van der Waals surface area contributed by atoms with E-state index in [0.717, 1.165) is 11.1 Å². The smallest absolute Gasteiger partial charge is 0.338 e. The van der Waals surface area contributed by atoms with Crippen molar-refractivity contribution in [2.45, 2.75) is 33.2 Å². The summed E-state index contributed by atoms with van der Waals surface area (Å²) in [6.45, 7) is 4.25. The van der Waals surface area contributed by atoms with Gasteiger partial charge in [-0.25, -0.2) is 4.79 Å². The number of ether oxygens (including phenoxy) is 2. The fraction of sp³-hybridized carbons (Fsp3) is 0.312. The lowest BCUT2D eigenvalue weighted by atomic mass is 10.1. The number of fused-ring (bicyclic) bond motifs is 1. The summed E-state index contributed by atoms with van der Waals surface area (Å²) in [7, 11) is 0. The van der Waals surface area contributed by atoms with Crippen LogP contribution in [0.2, 0.25) is 0 Å². The molecular weight excluding hydrogens is 300 g/mol. The molecule has 1 aromatic carbocycles. The number of amides is 1. The van der Waals surface area contributed by atoms with Crippen LogP contribution in [0.25, 0.3) is 0 Å². The molecule has 7 heteroatoms. The molecule has 0 aliphatic carbocycles. The highest BCUT2D eigenvalue weighted by Gasteiger charge is 2.21. The molecule has 1 N–H and O–H groups in total. The third-order valence-electron chi connectivity index (χ3n) is 3.49. The Labute approximate surface area is 132 Å². The number of aromatic nitrogens is 1. The Balaban J connectivity index is 1.61. The van der Waals surface area contributed by atoms with Crippen molar-refractivity contribution in [3.8, 4) is 0 Å². The largest absolute Gasteiger partial charge is 0.449 e. The molecule has 0 spiro atoms. The first-order valence-electron chi connectivity index (χ1n) is 7.17. The number of nitrogens with zero attached hydrogens (tertiary/aromatic N) is 1. The lowest BCUT2D eigenvalue weighted by molar-refractivity contribution is -0.123. The second kappa shape index (κ2) is 6.21. The summed E-state index contributed by atoms with van der Waals surface area (Å²) < 4.78 is 15.3. The number of carbonyl (C=O) groups is 2. The fourth-order valence-electron chi connectivity index (χ4n) is 2.23. The van der Waals surface area contributed by atoms with Crippen molar-refractivity contribution < 1.29 is 23.6 Å². The molecule has 7 nitrogen and oxygen atoms in total. The van der Waals surface area contributed by atoms with Crippen LogP contribution in [0.5, 0.6) is 0 Å². The molecule has 0 saturated carbocycles. The Morgan fingerprint density at radius 2 is 2.04 bits per heavy atom. The van der Waals surface area contributed by atoms with Crippen molar-refractivity contribution in [3.05, 3.63) is 46.7 Å². The van der Waals surface area contributed by atoms with E-state index in [1.807, 2.05) is 6.07 Å². The van der Waals surface area contributed by atoms with E-state index in [1.165, 1.54) is 6.92 Å². The van der Waals surface area contributed by atoms with E-state index < -0.39 is 18.0 Å². The van der Waals surface area contributed by atoms with Gasteiger partial charge in [-0.15, -0.1) is 0 Å². The molecule has 2 heterocycles. The number of aryl methyl sites for hydroxylation is 1. The zero-order chi connectivity index (χ0) is 16.4. The molecular formula is C16H16N2O5. The van der Waals surface area contributed by atoms with Crippen molar-refractivity contribution in [1.29, 1.82) is 0 Å². The van der Waals surface area contributed by atoms with E-state index in [0.29, 0.717) is 24.5 Å². The van der Waals surface area contributed by atoms with Crippen molar-refractivity contribution in [3.63, 3.8) is 0 Å². The highest BCUT2D eigenvalue weighted by atomic mass is 16.5. The number of nitrogens with one attached hydrogen (secondary N) is 1. The molecule has 0 fully saturated rings. The van der Waals surface area contributed by atoms with E-state index in [9.17, 15) is 9.59 Å². The molecule has 0 saturated heterocycles. The van der Waals surface area contributed by atoms with Crippen LogP contribution in [0.3, 0.4) is 0 Å². The van der Waals surface area contributed by atoms with Crippen LogP contribution in [0, 0.1) is 6.92 Å². The summed E-state index contributed by atoms with van der Waals surface area (Å²) in [5, 5.41) is 6.17. The molecule has 0 unspecified atom stereocenters. The van der Waals surface area contributed by atoms with Crippen molar-refractivity contribution >= 4 is 17.7 Å². The third kappa shape index (κ3) is 3.40. The van der Waals surface area contributed by atoms with Crippen LogP contribution in [0.15, 0.2) is 28.8 Å². The molecule has 2 aromatic rings. The first-order chi connectivity index (χ1) is 11.0. The van der Waals surface area contributed by atoms with Gasteiger partial charge in [-0.2, -0.15) is 0 Å². The van der Waals surface area contributed by atoms with Crippen LogP contribution in [-0.2, 0) is 27.5 Å². The summed E-state index contributed by atoms with van der Waals surface area (Å²) in [6.07, 6.45) is -0.955. The van der Waals surface area contributed by atoms with E-state index in [1.54, 1.807) is 25.1 Å². The van der Waals surface area contributed by atoms with E-state index in [-0.39, 0.29) is 5.82 Å². The number of hydrogen-bond donors (Lipinski definition) is 1. The molecule has 23 heavy (non-hydrogen) atoms. The average molecular weight is 316 g/mol. The van der Waals surface area contributed by atoms with E-state index in [2.05, 4.69) is 10.5 Å². The van der Waals surface area contributed by atoms with Gasteiger partial charge in [0.1, 0.15) is 5.76 Å². The maximum Gasteiger partial charge on any atom is 0.338 e. The van der Waals surface area contributed by atoms with Gasteiger partial charge in [0.25, 0.3) is 5.91 Å². The van der Waals surface area contributed by atoms with Crippen molar-refractivity contribution in [2.75, 3.05) is 5.32 Å². The second-order valence-electron chi connectivity index (χ2n) is 5.34. The minimum Gasteiger partial charge on any atom is -0.449 e. The lowest BCUT2D eigenvalue weighted by Crippen LogP contribution is -2.30. The fourth-order valence-corrected chi connectivity index (χ4v) is 2.23. The number of rotatable bonds is 4. The van der Waals surface area contributed by atoms with Crippen LogP contribution in [0.1, 0.15) is 34.2 Å². The molecule has 3 rings (SSSR count). The van der Waals surface area contributed by atoms with E-state index in [4.69, 9.17) is 14.0 Å². The second-order valence-corrected chi connectivity index (χ2v) is 5.34. The predicted molar refractivity (Wildman–Crippen MR) is 79.7 cm³/mol. The standard InChI is InChI=1S/C16H16N2O5/c1-9-5-14(18-23-9)17-15(19)10(2)22-16(20)11-3-4-12-7-21-8-13(12)6-11/h3-6,10H,7-8H2,1-2H3,(H,17,18,19)/t10-/m1/s1. The number of esters is 1. The Bertz CT molecular complexity index is 753. The van der Waals surface area contributed by atoms with Gasteiger partial charge in [0.05, 0.1) is 18.8 Å². The van der Waals surface area contributed by atoms with Crippen molar-refractivity contribution in [1.82, 2.24) is 5.16 Å². The lowest BCUT2D eigenvalue weighted by Gasteiger charge is -2.12. The molecule has 1 atom stereocenters. The quantitative estimate of drug-likeness (QED) is 0.870. The molecule has 0 bridgehead atoms. The number of carbonyl (C=O) groups excluding carboxylic acids is 2. The van der Waals surface area contributed by atoms with Gasteiger partial charge >= 0.3 is 5.97 Å². The maximum absolute atomic E-state index is 12.1. The summed E-state index contributed by atoms with van der Waals surface area (Å²) in [4.78, 5) is 24.1. The molecule has 1 amide bonds. The number of benzene rings is 1. The first kappa shape index (κ1) is 15.2. The molecule has 1 aromatic heterocycles. The molecule has 0 radical (unpaired) electrons. The third-order valence-corrected chi connectivity index (χ3v) is 3.49. The zero-order valence-corrected chi connectivity index (χ0v) is 12.8. The Morgan fingerprint density at radius 1 is 1.26 bits per heavy atom. The Hall–Kier alpha value is -2.67. The maximum atomic E-state index is 12.1. The highest BCUT2D eigenvalue weighted by molar-refractivity contribution is 5.96. The summed E-state index contributed by atoms with van der Waals surface area (Å²) in [5.74, 6) is -0.176. The van der Waals surface area contributed by atoms with Gasteiger partial charge in [0.2, 0.25) is 0 Å². The summed E-state index contributed by atoms with van der Waals surface area (Å²) in [5.41, 5.74) is 2.43. The Morgan fingerprint density at radius 3 is 2.78 bits per heavy atom. The molecule has 1 aliphatic heterocycles. The topological polar surface area (TPSA) is 90.7 Å². The van der Waals surface area contributed by atoms with Gasteiger partial charge in [-0.1, -0.05) is 11.2 Å². The minimum atomic E-state index is -0.955. The van der Waals surface area contributed by atoms with Crippen LogP contribution >= 0.6 is 0 Å².